The van der Waals surface area contributed by atoms with Gasteiger partial charge >= 0.3 is 5.97 Å². The molecule has 0 radical (unpaired) electrons. The summed E-state index contributed by atoms with van der Waals surface area (Å²) in [6.45, 7) is 2.90. The van der Waals surface area contributed by atoms with Crippen LogP contribution < -0.4 is 0 Å². The first-order valence-electron chi connectivity index (χ1n) is 10.3. The van der Waals surface area contributed by atoms with E-state index in [9.17, 15) is 14.7 Å². The molecule has 1 saturated heterocycles. The number of hydrogen-bond donors (Lipinski definition) is 2. The number of hydrogen-bond acceptors (Lipinski definition) is 3. The van der Waals surface area contributed by atoms with E-state index in [1.54, 1.807) is 4.90 Å². The SMILES string of the molecule is CCCCCCC(O)/C=C/C1CN(C)C(=O)C1CCCCCCC(=O)O. The van der Waals surface area contributed by atoms with Crippen LogP contribution in [0.2, 0.25) is 0 Å². The normalized spacial score (nSPS) is 21.7. The van der Waals surface area contributed by atoms with Gasteiger partial charge in [-0.15, -0.1) is 0 Å². The molecule has 1 aliphatic rings. The Kier molecular flexibility index (Phi) is 11.3. The van der Waals surface area contributed by atoms with E-state index in [4.69, 9.17) is 5.11 Å². The highest BCUT2D eigenvalue weighted by Gasteiger charge is 2.36. The van der Waals surface area contributed by atoms with E-state index in [2.05, 4.69) is 6.92 Å². The number of likely N-dealkylation sites (tertiary alicyclic amines) is 1. The number of rotatable bonds is 14. The molecule has 1 fully saturated rings. The number of aliphatic hydroxyl groups is 1. The van der Waals surface area contributed by atoms with Crippen LogP contribution in [0.4, 0.5) is 0 Å². The van der Waals surface area contributed by atoms with Gasteiger partial charge in [0.25, 0.3) is 0 Å². The van der Waals surface area contributed by atoms with Crippen LogP contribution in [-0.2, 0) is 9.59 Å². The summed E-state index contributed by atoms with van der Waals surface area (Å²) in [5, 5.41) is 18.8. The van der Waals surface area contributed by atoms with Gasteiger partial charge in [-0.3, -0.25) is 9.59 Å². The van der Waals surface area contributed by atoms with Crippen LogP contribution in [-0.4, -0.2) is 46.7 Å². The summed E-state index contributed by atoms with van der Waals surface area (Å²) in [6, 6.07) is 0. The Morgan fingerprint density at radius 1 is 1.19 bits per heavy atom. The van der Waals surface area contributed by atoms with Crippen molar-refractivity contribution in [3.63, 3.8) is 0 Å². The van der Waals surface area contributed by atoms with E-state index in [0.717, 1.165) is 51.5 Å². The fraction of sp³-hybridized carbons (Fsp3) is 0.810. The van der Waals surface area contributed by atoms with E-state index < -0.39 is 12.1 Å². The smallest absolute Gasteiger partial charge is 0.303 e. The third kappa shape index (κ3) is 8.84. The summed E-state index contributed by atoms with van der Waals surface area (Å²) < 4.78 is 0. The van der Waals surface area contributed by atoms with Crippen LogP contribution >= 0.6 is 0 Å². The Bertz CT molecular complexity index is 449. The van der Waals surface area contributed by atoms with Gasteiger partial charge in [-0.2, -0.15) is 0 Å². The van der Waals surface area contributed by atoms with Crippen molar-refractivity contribution in [3.8, 4) is 0 Å². The number of aliphatic carboxylic acids is 1. The summed E-state index contributed by atoms with van der Waals surface area (Å²) in [5.41, 5.74) is 0. The molecule has 1 heterocycles. The summed E-state index contributed by atoms with van der Waals surface area (Å²) >= 11 is 0. The second-order valence-corrected chi connectivity index (χ2v) is 7.64. The van der Waals surface area contributed by atoms with Crippen molar-refractivity contribution in [1.82, 2.24) is 4.90 Å². The Hall–Kier alpha value is -1.36. The van der Waals surface area contributed by atoms with Crippen LogP contribution in [0.5, 0.6) is 0 Å². The molecular weight excluding hydrogens is 330 g/mol. The van der Waals surface area contributed by atoms with E-state index in [0.29, 0.717) is 6.42 Å². The van der Waals surface area contributed by atoms with Gasteiger partial charge in [-0.25, -0.2) is 0 Å². The van der Waals surface area contributed by atoms with Crippen molar-refractivity contribution >= 4 is 11.9 Å². The standard InChI is InChI=1S/C21H37NO4/c1-3-4-5-8-11-18(23)15-14-17-16-22(2)21(26)19(17)12-9-6-7-10-13-20(24)25/h14-15,17-19,23H,3-13,16H2,1-2H3,(H,24,25)/b15-14+. The molecule has 1 aliphatic heterocycles. The number of nitrogens with zero attached hydrogens (tertiary/aromatic N) is 1. The topological polar surface area (TPSA) is 77.8 Å². The monoisotopic (exact) mass is 367 g/mol. The number of amides is 1. The maximum atomic E-state index is 12.4. The minimum absolute atomic E-state index is 0.00279. The molecule has 150 valence electrons. The molecule has 0 bridgehead atoms. The molecule has 1 rings (SSSR count). The van der Waals surface area contributed by atoms with E-state index in [-0.39, 0.29) is 24.2 Å². The first-order chi connectivity index (χ1) is 12.5. The maximum Gasteiger partial charge on any atom is 0.303 e. The summed E-state index contributed by atoms with van der Waals surface area (Å²) in [6.07, 6.45) is 13.5. The van der Waals surface area contributed by atoms with Crippen LogP contribution in [0, 0.1) is 11.8 Å². The van der Waals surface area contributed by atoms with Crippen molar-refractivity contribution in [2.24, 2.45) is 11.8 Å². The summed E-state index contributed by atoms with van der Waals surface area (Å²) in [7, 11) is 1.84. The van der Waals surface area contributed by atoms with Crippen LogP contribution in [0.1, 0.15) is 77.6 Å². The number of unbranched alkanes of at least 4 members (excludes halogenated alkanes) is 6. The molecule has 3 unspecified atom stereocenters. The molecule has 0 spiro atoms. The number of carbonyl (C=O) groups excluding carboxylic acids is 1. The molecule has 0 aromatic rings. The zero-order valence-corrected chi connectivity index (χ0v) is 16.5. The zero-order chi connectivity index (χ0) is 19.4. The lowest BCUT2D eigenvalue weighted by atomic mass is 9.89. The van der Waals surface area contributed by atoms with Crippen molar-refractivity contribution in [2.75, 3.05) is 13.6 Å². The molecule has 0 aliphatic carbocycles. The number of aliphatic hydroxyl groups excluding tert-OH is 1. The molecule has 1 amide bonds. The number of carbonyl (C=O) groups is 2. The lowest BCUT2D eigenvalue weighted by Gasteiger charge is -2.14. The highest BCUT2D eigenvalue weighted by atomic mass is 16.4. The highest BCUT2D eigenvalue weighted by Crippen LogP contribution is 2.30. The lowest BCUT2D eigenvalue weighted by molar-refractivity contribution is -0.137. The molecule has 2 N–H and O–H groups in total. The highest BCUT2D eigenvalue weighted by molar-refractivity contribution is 5.81. The molecule has 26 heavy (non-hydrogen) atoms. The molecule has 0 saturated carbocycles. The van der Waals surface area contributed by atoms with Gasteiger partial charge in [0.15, 0.2) is 0 Å². The fourth-order valence-electron chi connectivity index (χ4n) is 3.67. The molecule has 3 atom stereocenters. The van der Waals surface area contributed by atoms with Crippen LogP contribution in [0.25, 0.3) is 0 Å². The Labute approximate surface area is 158 Å². The Morgan fingerprint density at radius 2 is 1.88 bits per heavy atom. The second kappa shape index (κ2) is 12.9. The molecule has 0 aromatic heterocycles. The maximum absolute atomic E-state index is 12.4. The Balaban J connectivity index is 2.36. The van der Waals surface area contributed by atoms with Gasteiger partial charge in [0.1, 0.15) is 0 Å². The van der Waals surface area contributed by atoms with Gasteiger partial charge < -0.3 is 15.1 Å². The van der Waals surface area contributed by atoms with Gasteiger partial charge in [0.2, 0.25) is 5.91 Å². The van der Waals surface area contributed by atoms with Gasteiger partial charge in [0.05, 0.1) is 6.10 Å². The van der Waals surface area contributed by atoms with Crippen LogP contribution in [0.3, 0.4) is 0 Å². The van der Waals surface area contributed by atoms with E-state index in [1.807, 2.05) is 19.2 Å². The van der Waals surface area contributed by atoms with Crippen molar-refractivity contribution in [3.05, 3.63) is 12.2 Å². The molecular formula is C21H37NO4. The fourth-order valence-corrected chi connectivity index (χ4v) is 3.67. The van der Waals surface area contributed by atoms with Crippen molar-refractivity contribution in [2.45, 2.75) is 83.7 Å². The summed E-state index contributed by atoms with van der Waals surface area (Å²) in [4.78, 5) is 24.7. The minimum Gasteiger partial charge on any atom is -0.481 e. The minimum atomic E-state index is -0.740. The molecule has 0 aromatic carbocycles. The predicted molar refractivity (Wildman–Crippen MR) is 104 cm³/mol. The third-order valence-corrected chi connectivity index (χ3v) is 5.28. The average Bonchev–Trinajstić information content (AvgIpc) is 2.87. The van der Waals surface area contributed by atoms with Gasteiger partial charge in [-0.1, -0.05) is 64.0 Å². The van der Waals surface area contributed by atoms with Crippen molar-refractivity contribution in [1.29, 1.82) is 0 Å². The van der Waals surface area contributed by atoms with Crippen molar-refractivity contribution < 1.29 is 19.8 Å². The van der Waals surface area contributed by atoms with Gasteiger partial charge in [-0.05, 0) is 19.3 Å². The summed E-state index contributed by atoms with van der Waals surface area (Å²) in [5.74, 6) is -0.363. The second-order valence-electron chi connectivity index (χ2n) is 7.64. The number of carboxylic acid groups (broad SMARTS) is 1. The molecule has 5 nitrogen and oxygen atoms in total. The molecule has 5 heteroatoms. The first-order valence-corrected chi connectivity index (χ1v) is 10.3. The Morgan fingerprint density at radius 3 is 2.58 bits per heavy atom. The van der Waals surface area contributed by atoms with E-state index >= 15 is 0 Å². The largest absolute Gasteiger partial charge is 0.481 e. The van der Waals surface area contributed by atoms with Crippen LogP contribution in [0.15, 0.2) is 12.2 Å². The first kappa shape index (κ1) is 22.7. The predicted octanol–water partition coefficient (Wildman–Crippen LogP) is 4.00. The average molecular weight is 368 g/mol. The lowest BCUT2D eigenvalue weighted by Crippen LogP contribution is -2.22. The third-order valence-electron chi connectivity index (χ3n) is 5.28. The quantitative estimate of drug-likeness (QED) is 0.359. The van der Waals surface area contributed by atoms with E-state index in [1.165, 1.54) is 12.8 Å². The number of carboxylic acids is 1. The van der Waals surface area contributed by atoms with Gasteiger partial charge in [0, 0.05) is 31.8 Å². The zero-order valence-electron chi connectivity index (χ0n) is 16.5.